The molecule has 35 heavy (non-hydrogen) atoms. The summed E-state index contributed by atoms with van der Waals surface area (Å²) in [4.78, 5) is 16.4. The topological polar surface area (TPSA) is 85.4 Å². The van der Waals surface area contributed by atoms with Crippen LogP contribution in [0, 0.1) is 5.82 Å². The lowest BCUT2D eigenvalue weighted by molar-refractivity contribution is -0.153. The Bertz CT molecular complexity index is 1450. The van der Waals surface area contributed by atoms with Gasteiger partial charge in [-0.05, 0) is 53.4 Å². The summed E-state index contributed by atoms with van der Waals surface area (Å²) < 4.78 is 81.7. The summed E-state index contributed by atoms with van der Waals surface area (Å²) in [7, 11) is -4.14. The molecule has 1 amide bonds. The number of halogens is 4. The molecular weight excluding hydrogens is 508 g/mol. The third kappa shape index (κ3) is 5.77. The van der Waals surface area contributed by atoms with E-state index >= 15 is 0 Å². The van der Waals surface area contributed by atoms with Crippen LogP contribution < -0.4 is 10.1 Å². The van der Waals surface area contributed by atoms with E-state index in [1.807, 2.05) is 0 Å². The quantitative estimate of drug-likeness (QED) is 0.339. The van der Waals surface area contributed by atoms with Crippen molar-refractivity contribution in [1.29, 1.82) is 0 Å². The molecule has 4 rings (SSSR count). The summed E-state index contributed by atoms with van der Waals surface area (Å²) in [5.74, 6) is -2.22. The van der Waals surface area contributed by atoms with E-state index < -0.39 is 39.1 Å². The van der Waals surface area contributed by atoms with Gasteiger partial charge in [0.05, 0.1) is 19.4 Å². The molecule has 0 radical (unpaired) electrons. The van der Waals surface area contributed by atoms with Gasteiger partial charge in [-0.2, -0.15) is 13.2 Å². The minimum absolute atomic E-state index is 0.144. The number of carbonyl (C=O) groups excluding carboxylic acids is 1. The maximum absolute atomic E-state index is 14.1. The molecule has 2 heterocycles. The van der Waals surface area contributed by atoms with Crippen molar-refractivity contribution in [2.75, 3.05) is 6.61 Å². The number of fused-ring (bicyclic) bond motifs is 1. The highest BCUT2D eigenvalue weighted by Crippen LogP contribution is 2.28. The van der Waals surface area contributed by atoms with E-state index in [2.05, 4.69) is 15.0 Å². The van der Waals surface area contributed by atoms with Crippen molar-refractivity contribution in [3.8, 4) is 5.75 Å². The van der Waals surface area contributed by atoms with Gasteiger partial charge in [0.1, 0.15) is 0 Å². The van der Waals surface area contributed by atoms with Crippen LogP contribution in [0.4, 0.5) is 17.6 Å². The van der Waals surface area contributed by atoms with Gasteiger partial charge in [-0.15, -0.1) is 11.3 Å². The zero-order valence-electron chi connectivity index (χ0n) is 17.7. The monoisotopic (exact) mass is 524 g/mol. The van der Waals surface area contributed by atoms with Gasteiger partial charge in [0.15, 0.2) is 18.2 Å². The highest BCUT2D eigenvalue weighted by molar-refractivity contribution is 7.91. The molecule has 0 unspecified atom stereocenters. The van der Waals surface area contributed by atoms with Gasteiger partial charge in [-0.25, -0.2) is 12.8 Å². The fraction of sp³-hybridized carbons (Fsp3) is 0.130. The Morgan fingerprint density at radius 2 is 1.74 bits per heavy atom. The Morgan fingerprint density at radius 3 is 2.40 bits per heavy atom. The minimum atomic E-state index is -4.66. The second-order valence-electron chi connectivity index (χ2n) is 7.35. The first-order valence-electron chi connectivity index (χ1n) is 9.98. The molecule has 4 aromatic rings. The van der Waals surface area contributed by atoms with E-state index in [-0.39, 0.29) is 17.3 Å². The molecule has 0 saturated carbocycles. The number of sulfone groups is 1. The number of nitrogens with one attached hydrogen (secondary N) is 1. The Balaban J connectivity index is 1.42. The number of nitrogens with zero attached hydrogens (tertiary/aromatic N) is 1. The van der Waals surface area contributed by atoms with Crippen LogP contribution >= 0.6 is 11.3 Å². The molecule has 2 aromatic carbocycles. The zero-order valence-corrected chi connectivity index (χ0v) is 19.3. The summed E-state index contributed by atoms with van der Waals surface area (Å²) in [5, 5.41) is 3.66. The van der Waals surface area contributed by atoms with Crippen molar-refractivity contribution in [3.05, 3.63) is 83.2 Å². The Hall–Kier alpha value is -3.51. The first kappa shape index (κ1) is 24.6. The SMILES string of the molecule is O=C(NCc1ccc(S(=O)(=O)c2ccc(OCC(F)(F)F)c(F)c2)cc1)c1cc2ccncc2s1. The maximum atomic E-state index is 14.1. The minimum Gasteiger partial charge on any atom is -0.481 e. The van der Waals surface area contributed by atoms with Crippen molar-refractivity contribution in [2.45, 2.75) is 22.5 Å². The van der Waals surface area contributed by atoms with Crippen LogP contribution in [-0.2, 0) is 16.4 Å². The van der Waals surface area contributed by atoms with Crippen molar-refractivity contribution in [2.24, 2.45) is 0 Å². The first-order valence-corrected chi connectivity index (χ1v) is 12.3. The van der Waals surface area contributed by atoms with E-state index in [9.17, 15) is 30.8 Å². The third-order valence-corrected chi connectivity index (χ3v) is 7.69. The maximum Gasteiger partial charge on any atom is 0.422 e. The second kappa shape index (κ2) is 9.62. The molecule has 0 spiro atoms. The predicted octanol–water partition coefficient (Wildman–Crippen LogP) is 5.14. The molecule has 0 fully saturated rings. The summed E-state index contributed by atoms with van der Waals surface area (Å²) in [5.41, 5.74) is 0.627. The lowest BCUT2D eigenvalue weighted by Gasteiger charge is -2.11. The molecule has 0 aliphatic rings. The predicted molar refractivity (Wildman–Crippen MR) is 121 cm³/mol. The second-order valence-corrected chi connectivity index (χ2v) is 10.4. The summed E-state index contributed by atoms with van der Waals surface area (Å²) in [6, 6.07) is 11.6. The lowest BCUT2D eigenvalue weighted by Crippen LogP contribution is -2.21. The van der Waals surface area contributed by atoms with Crippen LogP contribution in [0.25, 0.3) is 10.1 Å². The number of rotatable bonds is 7. The van der Waals surface area contributed by atoms with Crippen molar-refractivity contribution >= 4 is 37.2 Å². The van der Waals surface area contributed by atoms with E-state index in [4.69, 9.17) is 0 Å². The largest absolute Gasteiger partial charge is 0.481 e. The average molecular weight is 525 g/mol. The number of pyridine rings is 1. The molecule has 0 saturated heterocycles. The van der Waals surface area contributed by atoms with Gasteiger partial charge < -0.3 is 10.1 Å². The molecular formula is C23H16F4N2O4S2. The van der Waals surface area contributed by atoms with Crippen LogP contribution in [0.1, 0.15) is 15.2 Å². The Morgan fingerprint density at radius 1 is 1.03 bits per heavy atom. The number of benzene rings is 2. The molecule has 0 bridgehead atoms. The molecule has 0 aliphatic carbocycles. The number of hydrogen-bond donors (Lipinski definition) is 1. The summed E-state index contributed by atoms with van der Waals surface area (Å²) in [6.07, 6.45) is -1.35. The molecule has 12 heteroatoms. The molecule has 182 valence electrons. The van der Waals surface area contributed by atoms with Gasteiger partial charge in [0.25, 0.3) is 5.91 Å². The Kier molecular flexibility index (Phi) is 6.77. The lowest BCUT2D eigenvalue weighted by atomic mass is 10.2. The van der Waals surface area contributed by atoms with Crippen molar-refractivity contribution < 1.29 is 35.5 Å². The molecule has 1 N–H and O–H groups in total. The van der Waals surface area contributed by atoms with Crippen LogP contribution in [-0.4, -0.2) is 32.1 Å². The standard InChI is InChI=1S/C23H16F4N2O4S2/c24-18-10-17(5-6-19(18)33-13-23(25,26)27)35(31,32)16-3-1-14(2-4-16)11-29-22(30)20-9-15-7-8-28-12-21(15)34-20/h1-10,12H,11,13H2,(H,29,30). The number of thiophene rings is 1. The number of carbonyl (C=O) groups is 1. The van der Waals surface area contributed by atoms with Gasteiger partial charge in [-0.1, -0.05) is 12.1 Å². The van der Waals surface area contributed by atoms with E-state index in [1.54, 1.807) is 24.5 Å². The number of aromatic nitrogens is 1. The van der Waals surface area contributed by atoms with Crippen molar-refractivity contribution in [3.63, 3.8) is 0 Å². The molecule has 2 aromatic heterocycles. The highest BCUT2D eigenvalue weighted by atomic mass is 32.2. The fourth-order valence-corrected chi connectivity index (χ4v) is 5.33. The van der Waals surface area contributed by atoms with Crippen LogP contribution in [0.15, 0.2) is 76.8 Å². The number of ether oxygens (including phenoxy) is 1. The van der Waals surface area contributed by atoms with Gasteiger partial charge in [0, 0.05) is 18.9 Å². The number of hydrogen-bond acceptors (Lipinski definition) is 6. The van der Waals surface area contributed by atoms with Gasteiger partial charge in [0.2, 0.25) is 9.84 Å². The van der Waals surface area contributed by atoms with E-state index in [1.165, 1.54) is 35.6 Å². The summed E-state index contributed by atoms with van der Waals surface area (Å²) >= 11 is 1.30. The van der Waals surface area contributed by atoms with Gasteiger partial charge in [-0.3, -0.25) is 9.78 Å². The average Bonchev–Trinajstić information content (AvgIpc) is 3.26. The molecule has 0 aliphatic heterocycles. The smallest absolute Gasteiger partial charge is 0.422 e. The van der Waals surface area contributed by atoms with E-state index in [0.29, 0.717) is 16.5 Å². The van der Waals surface area contributed by atoms with E-state index in [0.717, 1.165) is 22.2 Å². The van der Waals surface area contributed by atoms with Gasteiger partial charge >= 0.3 is 6.18 Å². The number of amides is 1. The fourth-order valence-electron chi connectivity index (χ4n) is 3.11. The first-order chi connectivity index (χ1) is 16.5. The number of alkyl halides is 3. The van der Waals surface area contributed by atoms with Crippen LogP contribution in [0.3, 0.4) is 0 Å². The Labute approximate surface area is 201 Å². The van der Waals surface area contributed by atoms with Crippen molar-refractivity contribution in [1.82, 2.24) is 10.3 Å². The third-order valence-electron chi connectivity index (χ3n) is 4.84. The zero-order chi connectivity index (χ0) is 25.2. The summed E-state index contributed by atoms with van der Waals surface area (Å²) in [6.45, 7) is -1.56. The molecule has 6 nitrogen and oxygen atoms in total. The molecule has 0 atom stereocenters. The normalized spacial score (nSPS) is 12.0. The van der Waals surface area contributed by atoms with Crippen LogP contribution in [0.5, 0.6) is 5.75 Å². The van der Waals surface area contributed by atoms with Crippen LogP contribution in [0.2, 0.25) is 0 Å². The highest BCUT2D eigenvalue weighted by Gasteiger charge is 2.29.